The van der Waals surface area contributed by atoms with Crippen molar-refractivity contribution in [3.8, 4) is 11.1 Å². The summed E-state index contributed by atoms with van der Waals surface area (Å²) in [6.45, 7) is 2.32. The molecular formula is C33H32N4O6S2. The molecule has 0 saturated carbocycles. The summed E-state index contributed by atoms with van der Waals surface area (Å²) in [5.41, 5.74) is 3.01. The van der Waals surface area contributed by atoms with Crippen LogP contribution in [0.5, 0.6) is 0 Å². The minimum atomic E-state index is -4.13. The maximum absolute atomic E-state index is 13.8. The summed E-state index contributed by atoms with van der Waals surface area (Å²) >= 11 is 1.22. The van der Waals surface area contributed by atoms with Crippen molar-refractivity contribution >= 4 is 50.0 Å². The Balaban J connectivity index is 1.44. The van der Waals surface area contributed by atoms with E-state index < -0.39 is 22.0 Å². The van der Waals surface area contributed by atoms with Crippen LogP contribution >= 0.6 is 11.3 Å². The minimum Gasteiger partial charge on any atom is -0.452 e. The van der Waals surface area contributed by atoms with Gasteiger partial charge in [-0.2, -0.15) is 11.3 Å². The number of unbranched alkanes of at least 4 members (excludes halogenated alkanes) is 1. The first-order valence-corrected chi connectivity index (χ1v) is 16.7. The molecule has 0 radical (unpaired) electrons. The highest BCUT2D eigenvalue weighted by molar-refractivity contribution is 7.90. The first-order valence-electron chi connectivity index (χ1n) is 14.3. The van der Waals surface area contributed by atoms with Crippen molar-refractivity contribution in [2.24, 2.45) is 0 Å². The quantitative estimate of drug-likeness (QED) is 0.202. The smallest absolute Gasteiger partial charge is 0.413 e. The van der Waals surface area contributed by atoms with Crippen molar-refractivity contribution in [2.75, 3.05) is 19.1 Å². The number of aromatic nitrogens is 2. The number of ether oxygens (including phenoxy) is 1. The van der Waals surface area contributed by atoms with Gasteiger partial charge < -0.3 is 4.74 Å². The average Bonchev–Trinajstić information content (AvgIpc) is 3.56. The average molecular weight is 645 g/mol. The van der Waals surface area contributed by atoms with Crippen LogP contribution in [0.2, 0.25) is 0 Å². The number of nitrogens with one attached hydrogen (secondary N) is 1. The van der Waals surface area contributed by atoms with Gasteiger partial charge in [-0.25, -0.2) is 22.9 Å². The molecule has 45 heavy (non-hydrogen) atoms. The zero-order valence-corrected chi connectivity index (χ0v) is 26.7. The third-order valence-corrected chi connectivity index (χ3v) is 9.65. The molecule has 5 rings (SSSR count). The van der Waals surface area contributed by atoms with Crippen molar-refractivity contribution in [1.29, 1.82) is 0 Å². The molecule has 0 aliphatic carbocycles. The van der Waals surface area contributed by atoms with Gasteiger partial charge in [-0.05, 0) is 53.3 Å². The van der Waals surface area contributed by atoms with Gasteiger partial charge in [0.2, 0.25) is 0 Å². The van der Waals surface area contributed by atoms with Crippen LogP contribution in [0.4, 0.5) is 10.5 Å². The van der Waals surface area contributed by atoms with Gasteiger partial charge in [0.05, 0.1) is 24.6 Å². The van der Waals surface area contributed by atoms with Crippen molar-refractivity contribution in [2.45, 2.75) is 37.6 Å². The molecule has 2 amide bonds. The van der Waals surface area contributed by atoms with E-state index in [0.29, 0.717) is 40.0 Å². The topological polar surface area (TPSA) is 128 Å². The van der Waals surface area contributed by atoms with E-state index in [9.17, 15) is 22.8 Å². The third kappa shape index (κ3) is 6.81. The molecule has 3 aromatic carbocycles. The molecule has 12 heteroatoms. The molecule has 5 aromatic rings. The number of hydrogen-bond donors (Lipinski definition) is 1. The standard InChI is InChI=1S/C33H32N4O6S2/c1-4-5-11-30-34-28-17-16-25(36(2)33(40)43-3)18-26(28)32(39)37(30)19-22-12-14-23(15-13-22)27-20-44-21-29(27)45(41,42)35-31(38)24-9-7-6-8-10-24/h6-10,12-18,20-21H,4-5,11,19H2,1-3H3,(H,35,38). The first kappa shape index (κ1) is 31.6. The van der Waals surface area contributed by atoms with E-state index >= 15 is 0 Å². The summed E-state index contributed by atoms with van der Waals surface area (Å²) in [7, 11) is -1.27. The molecule has 10 nitrogen and oxygen atoms in total. The lowest BCUT2D eigenvalue weighted by Crippen LogP contribution is -2.30. The number of fused-ring (bicyclic) bond motifs is 1. The van der Waals surface area contributed by atoms with Crippen LogP contribution in [-0.2, 0) is 27.7 Å². The van der Waals surface area contributed by atoms with Crippen molar-refractivity contribution in [3.63, 3.8) is 0 Å². The van der Waals surface area contributed by atoms with Crippen LogP contribution < -0.4 is 15.2 Å². The summed E-state index contributed by atoms with van der Waals surface area (Å²) in [4.78, 5) is 44.6. The van der Waals surface area contributed by atoms with Crippen LogP contribution in [0.25, 0.3) is 22.0 Å². The number of nitrogens with zero attached hydrogens (tertiary/aromatic N) is 3. The lowest BCUT2D eigenvalue weighted by Gasteiger charge is -2.17. The number of thiophene rings is 1. The van der Waals surface area contributed by atoms with Crippen molar-refractivity contribution < 1.29 is 22.7 Å². The molecular weight excluding hydrogens is 613 g/mol. The largest absolute Gasteiger partial charge is 0.452 e. The van der Waals surface area contributed by atoms with Gasteiger partial charge in [-0.3, -0.25) is 19.1 Å². The van der Waals surface area contributed by atoms with Crippen molar-refractivity contribution in [3.05, 3.63) is 111 Å². The highest BCUT2D eigenvalue weighted by Gasteiger charge is 2.24. The molecule has 2 aromatic heterocycles. The van der Waals surface area contributed by atoms with Gasteiger partial charge in [0, 0.05) is 35.7 Å². The number of benzene rings is 3. The Morgan fingerprint density at radius 1 is 1.02 bits per heavy atom. The van der Waals surface area contributed by atoms with Crippen LogP contribution in [0.15, 0.2) is 93.2 Å². The number of sulfonamides is 1. The molecule has 1 N–H and O–H groups in total. The Bertz CT molecular complexity index is 2020. The van der Waals surface area contributed by atoms with Gasteiger partial charge in [0.25, 0.3) is 21.5 Å². The second kappa shape index (κ2) is 13.4. The lowest BCUT2D eigenvalue weighted by atomic mass is 10.1. The molecule has 0 fully saturated rings. The number of anilines is 1. The number of rotatable bonds is 10. The highest BCUT2D eigenvalue weighted by atomic mass is 32.2. The fraction of sp³-hybridized carbons (Fsp3) is 0.212. The Hall–Kier alpha value is -4.81. The van der Waals surface area contributed by atoms with Gasteiger partial charge in [0.15, 0.2) is 0 Å². The summed E-state index contributed by atoms with van der Waals surface area (Å²) < 4.78 is 35.0. The number of carbonyl (C=O) groups is 2. The molecule has 0 spiro atoms. The Morgan fingerprint density at radius 3 is 2.44 bits per heavy atom. The number of aryl methyl sites for hydroxylation is 1. The molecule has 0 unspecified atom stereocenters. The van der Waals surface area contributed by atoms with Crippen LogP contribution in [-0.4, -0.2) is 44.1 Å². The molecule has 2 heterocycles. The minimum absolute atomic E-state index is 0.00839. The number of amides is 2. The highest BCUT2D eigenvalue weighted by Crippen LogP contribution is 2.31. The van der Waals surface area contributed by atoms with E-state index in [1.807, 2.05) is 12.1 Å². The number of carbonyl (C=O) groups excluding carboxylic acids is 2. The fourth-order valence-electron chi connectivity index (χ4n) is 4.90. The molecule has 0 atom stereocenters. The van der Waals surface area contributed by atoms with E-state index in [1.165, 1.54) is 28.7 Å². The zero-order chi connectivity index (χ0) is 32.1. The SMILES string of the molecule is CCCCc1nc2ccc(N(C)C(=O)OC)cc2c(=O)n1Cc1ccc(-c2cscc2S(=O)(=O)NC(=O)c2ccccc2)cc1. The predicted octanol–water partition coefficient (Wildman–Crippen LogP) is 5.84. The maximum Gasteiger partial charge on any atom is 0.413 e. The zero-order valence-electron chi connectivity index (χ0n) is 25.0. The van der Waals surface area contributed by atoms with E-state index in [4.69, 9.17) is 9.72 Å². The monoisotopic (exact) mass is 644 g/mol. The fourth-order valence-corrected chi connectivity index (χ4v) is 7.30. The normalized spacial score (nSPS) is 11.4. The Labute approximate surface area is 265 Å². The van der Waals surface area contributed by atoms with Gasteiger partial charge in [-0.1, -0.05) is 55.8 Å². The van der Waals surface area contributed by atoms with E-state index in [1.54, 1.807) is 77.7 Å². The van der Waals surface area contributed by atoms with E-state index in [0.717, 1.165) is 18.4 Å². The summed E-state index contributed by atoms with van der Waals surface area (Å²) in [5, 5.41) is 3.60. The molecule has 0 aliphatic rings. The molecule has 0 bridgehead atoms. The number of hydrogen-bond acceptors (Lipinski definition) is 8. The van der Waals surface area contributed by atoms with Crippen molar-refractivity contribution in [1.82, 2.24) is 14.3 Å². The van der Waals surface area contributed by atoms with E-state index in [2.05, 4.69) is 11.6 Å². The first-order chi connectivity index (χ1) is 21.6. The van der Waals surface area contributed by atoms with Crippen LogP contribution in [0.1, 0.15) is 41.5 Å². The summed E-state index contributed by atoms with van der Waals surface area (Å²) in [6, 6.07) is 20.5. The van der Waals surface area contributed by atoms with Gasteiger partial charge >= 0.3 is 6.09 Å². The van der Waals surface area contributed by atoms with Gasteiger partial charge in [0.1, 0.15) is 10.7 Å². The molecule has 232 valence electrons. The van der Waals surface area contributed by atoms with E-state index in [-0.39, 0.29) is 22.6 Å². The third-order valence-electron chi connectivity index (χ3n) is 7.39. The number of methoxy groups -OCH3 is 1. The summed E-state index contributed by atoms with van der Waals surface area (Å²) in [6.07, 6.45) is 1.86. The second-order valence-corrected chi connectivity index (χ2v) is 12.8. The van der Waals surface area contributed by atoms with Crippen LogP contribution in [0, 0.1) is 0 Å². The maximum atomic E-state index is 13.8. The summed E-state index contributed by atoms with van der Waals surface area (Å²) in [5.74, 6) is -0.0478. The Morgan fingerprint density at radius 2 is 1.76 bits per heavy atom. The van der Waals surface area contributed by atoms with Gasteiger partial charge in [-0.15, -0.1) is 0 Å². The molecule has 0 aliphatic heterocycles. The lowest BCUT2D eigenvalue weighted by molar-refractivity contribution is 0.0981. The van der Waals surface area contributed by atoms with Crippen LogP contribution in [0.3, 0.4) is 0 Å². The predicted molar refractivity (Wildman–Crippen MR) is 175 cm³/mol. The Kier molecular flexibility index (Phi) is 9.45. The second-order valence-electron chi connectivity index (χ2n) is 10.4. The molecule has 0 saturated heterocycles.